The second kappa shape index (κ2) is 6.02. The maximum Gasteiger partial charge on any atom is 0.180 e. The van der Waals surface area contributed by atoms with Crippen LogP contribution in [0.1, 0.15) is 20.8 Å². The lowest BCUT2D eigenvalue weighted by atomic mass is 10.2. The molecule has 18 heavy (non-hydrogen) atoms. The molecule has 0 saturated carbocycles. The predicted octanol–water partition coefficient (Wildman–Crippen LogP) is 2.86. The van der Waals surface area contributed by atoms with Crippen LogP contribution in [0.4, 0.5) is 0 Å². The smallest absolute Gasteiger partial charge is 0.180 e. The lowest BCUT2D eigenvalue weighted by Crippen LogP contribution is -2.22. The summed E-state index contributed by atoms with van der Waals surface area (Å²) in [4.78, 5) is 10.1. The van der Waals surface area contributed by atoms with Gasteiger partial charge < -0.3 is 0 Å². The van der Waals surface area contributed by atoms with Crippen molar-refractivity contribution in [3.63, 3.8) is 0 Å². The molecule has 0 bridgehead atoms. The molecule has 0 aliphatic heterocycles. The Morgan fingerprint density at radius 2 is 1.72 bits per heavy atom. The van der Waals surface area contributed by atoms with Crippen LogP contribution < -0.4 is 0 Å². The first-order valence-electron chi connectivity index (χ1n) is 5.50. The quantitative estimate of drug-likeness (QED) is 0.476. The van der Waals surface area contributed by atoms with Crippen molar-refractivity contribution in [2.75, 3.05) is 12.4 Å². The summed E-state index contributed by atoms with van der Waals surface area (Å²) in [6, 6.07) is 6.03. The van der Waals surface area contributed by atoms with Crippen LogP contribution in [-0.4, -0.2) is 26.4 Å². The minimum Gasteiger partial charge on any atom is -0.235 e. The SMILES string of the molecule is CC(C)(C)OOCCS(=O)(=O)c1ccc(Cl)cc1. The molecule has 0 unspecified atom stereocenters. The van der Waals surface area contributed by atoms with E-state index in [0.717, 1.165) is 0 Å². The molecule has 4 nitrogen and oxygen atoms in total. The molecule has 0 spiro atoms. The molecule has 0 saturated heterocycles. The van der Waals surface area contributed by atoms with Gasteiger partial charge in [0.1, 0.15) is 0 Å². The minimum atomic E-state index is -3.36. The van der Waals surface area contributed by atoms with Crippen LogP contribution >= 0.6 is 11.6 Å². The molecule has 0 amide bonds. The van der Waals surface area contributed by atoms with E-state index in [1.807, 2.05) is 20.8 Å². The van der Waals surface area contributed by atoms with Gasteiger partial charge in [-0.3, -0.25) is 0 Å². The van der Waals surface area contributed by atoms with Gasteiger partial charge in [0, 0.05) is 5.02 Å². The molecular weight excluding hydrogens is 276 g/mol. The third-order valence-electron chi connectivity index (χ3n) is 1.92. The van der Waals surface area contributed by atoms with E-state index in [-0.39, 0.29) is 17.3 Å². The van der Waals surface area contributed by atoms with E-state index in [0.29, 0.717) is 5.02 Å². The van der Waals surface area contributed by atoms with Gasteiger partial charge in [-0.2, -0.15) is 0 Å². The highest BCUT2D eigenvalue weighted by Gasteiger charge is 2.16. The Bertz CT molecular complexity index is 474. The third kappa shape index (κ3) is 5.35. The second-order valence-corrected chi connectivity index (χ2v) is 7.34. The Labute approximate surface area is 113 Å². The maximum absolute atomic E-state index is 11.9. The van der Waals surface area contributed by atoms with Gasteiger partial charge in [-0.15, -0.1) is 0 Å². The number of sulfone groups is 1. The predicted molar refractivity (Wildman–Crippen MR) is 70.3 cm³/mol. The zero-order valence-corrected chi connectivity index (χ0v) is 12.2. The van der Waals surface area contributed by atoms with E-state index in [1.165, 1.54) is 12.1 Å². The van der Waals surface area contributed by atoms with Crippen LogP contribution in [0, 0.1) is 0 Å². The Balaban J connectivity index is 2.53. The van der Waals surface area contributed by atoms with Crippen molar-refractivity contribution in [2.45, 2.75) is 31.3 Å². The first-order valence-corrected chi connectivity index (χ1v) is 7.53. The van der Waals surface area contributed by atoms with Crippen LogP contribution in [0.2, 0.25) is 5.02 Å². The second-order valence-electron chi connectivity index (χ2n) is 4.79. The van der Waals surface area contributed by atoms with Crippen LogP contribution in [0.15, 0.2) is 29.2 Å². The number of benzene rings is 1. The van der Waals surface area contributed by atoms with Gasteiger partial charge in [0.05, 0.1) is 22.9 Å². The fraction of sp³-hybridized carbons (Fsp3) is 0.500. The zero-order valence-electron chi connectivity index (χ0n) is 10.6. The highest BCUT2D eigenvalue weighted by atomic mass is 35.5. The van der Waals surface area contributed by atoms with Gasteiger partial charge in [-0.1, -0.05) is 11.6 Å². The fourth-order valence-corrected chi connectivity index (χ4v) is 2.32. The van der Waals surface area contributed by atoms with Crippen molar-refractivity contribution in [3.8, 4) is 0 Å². The molecule has 1 rings (SSSR count). The van der Waals surface area contributed by atoms with Gasteiger partial charge in [0.2, 0.25) is 0 Å². The molecular formula is C12H17ClO4S. The third-order valence-corrected chi connectivity index (χ3v) is 3.86. The first kappa shape index (κ1) is 15.4. The molecule has 1 aromatic carbocycles. The van der Waals surface area contributed by atoms with Crippen LogP contribution in [0.5, 0.6) is 0 Å². The molecule has 0 atom stereocenters. The number of hydrogen-bond acceptors (Lipinski definition) is 4. The molecule has 1 aromatic rings. The normalized spacial score (nSPS) is 12.7. The molecule has 0 fully saturated rings. The number of hydrogen-bond donors (Lipinski definition) is 0. The maximum atomic E-state index is 11.9. The summed E-state index contributed by atoms with van der Waals surface area (Å²) in [5.74, 6) is -0.134. The summed E-state index contributed by atoms with van der Waals surface area (Å²) >= 11 is 5.70. The lowest BCUT2D eigenvalue weighted by Gasteiger charge is -2.17. The molecule has 0 aliphatic carbocycles. The molecule has 0 radical (unpaired) electrons. The van der Waals surface area contributed by atoms with Crippen molar-refractivity contribution < 1.29 is 18.2 Å². The largest absolute Gasteiger partial charge is 0.235 e. The van der Waals surface area contributed by atoms with E-state index in [9.17, 15) is 8.42 Å². The van der Waals surface area contributed by atoms with Gasteiger partial charge in [0.15, 0.2) is 9.84 Å². The van der Waals surface area contributed by atoms with Gasteiger partial charge in [0.25, 0.3) is 0 Å². The zero-order chi connectivity index (χ0) is 13.8. The average Bonchev–Trinajstić information content (AvgIpc) is 2.24. The fourth-order valence-electron chi connectivity index (χ4n) is 1.12. The van der Waals surface area contributed by atoms with Crippen molar-refractivity contribution in [1.82, 2.24) is 0 Å². The Hall–Kier alpha value is -0.620. The monoisotopic (exact) mass is 292 g/mol. The van der Waals surface area contributed by atoms with Crippen molar-refractivity contribution in [3.05, 3.63) is 29.3 Å². The number of rotatable bonds is 5. The lowest BCUT2D eigenvalue weighted by molar-refractivity contribution is -0.345. The summed E-state index contributed by atoms with van der Waals surface area (Å²) < 4.78 is 23.8. The summed E-state index contributed by atoms with van der Waals surface area (Å²) in [6.07, 6.45) is 0. The minimum absolute atomic E-state index is 0.0117. The van der Waals surface area contributed by atoms with Crippen molar-refractivity contribution in [1.29, 1.82) is 0 Å². The first-order chi connectivity index (χ1) is 8.21. The van der Waals surface area contributed by atoms with Gasteiger partial charge >= 0.3 is 0 Å². The van der Waals surface area contributed by atoms with E-state index < -0.39 is 15.4 Å². The van der Waals surface area contributed by atoms with E-state index in [1.54, 1.807) is 12.1 Å². The molecule has 0 aliphatic rings. The summed E-state index contributed by atoms with van der Waals surface area (Å²) in [5, 5.41) is 0.501. The molecule has 0 N–H and O–H groups in total. The highest BCUT2D eigenvalue weighted by Crippen LogP contribution is 2.15. The van der Waals surface area contributed by atoms with Crippen molar-refractivity contribution >= 4 is 21.4 Å². The van der Waals surface area contributed by atoms with Crippen molar-refractivity contribution in [2.24, 2.45) is 0 Å². The topological polar surface area (TPSA) is 52.6 Å². The van der Waals surface area contributed by atoms with E-state index in [4.69, 9.17) is 21.4 Å². The van der Waals surface area contributed by atoms with E-state index >= 15 is 0 Å². The average molecular weight is 293 g/mol. The van der Waals surface area contributed by atoms with Crippen LogP contribution in [0.25, 0.3) is 0 Å². The summed E-state index contributed by atoms with van der Waals surface area (Å²) in [5.41, 5.74) is -0.454. The molecule has 6 heteroatoms. The Morgan fingerprint density at radius 3 is 2.22 bits per heavy atom. The molecule has 102 valence electrons. The van der Waals surface area contributed by atoms with Gasteiger partial charge in [-0.25, -0.2) is 18.2 Å². The highest BCUT2D eigenvalue weighted by molar-refractivity contribution is 7.91. The Morgan fingerprint density at radius 1 is 1.17 bits per heavy atom. The van der Waals surface area contributed by atoms with Crippen LogP contribution in [0.3, 0.4) is 0 Å². The summed E-state index contributed by atoms with van der Waals surface area (Å²) in [7, 11) is -3.36. The van der Waals surface area contributed by atoms with E-state index in [2.05, 4.69) is 0 Å². The van der Waals surface area contributed by atoms with Gasteiger partial charge in [-0.05, 0) is 45.0 Å². The molecule has 0 aromatic heterocycles. The standard InChI is InChI=1S/C12H17ClO4S/c1-12(2,3)17-16-8-9-18(14,15)11-6-4-10(13)5-7-11/h4-7H,8-9H2,1-3H3. The van der Waals surface area contributed by atoms with Crippen LogP contribution in [-0.2, 0) is 19.6 Å². The molecule has 0 heterocycles. The summed E-state index contributed by atoms with van der Waals surface area (Å²) in [6.45, 7) is 5.45. The number of halogens is 1. The Kier molecular flexibility index (Phi) is 5.16.